The Morgan fingerprint density at radius 2 is 2.00 bits per heavy atom. The van der Waals surface area contributed by atoms with Crippen molar-refractivity contribution in [2.24, 2.45) is 0 Å². The summed E-state index contributed by atoms with van der Waals surface area (Å²) in [4.78, 5) is 19.5. The summed E-state index contributed by atoms with van der Waals surface area (Å²) in [6, 6.07) is 18.7. The maximum Gasteiger partial charge on any atom is 0.222 e. The summed E-state index contributed by atoms with van der Waals surface area (Å²) in [7, 11) is 1.66. The van der Waals surface area contributed by atoms with Gasteiger partial charge in [0.15, 0.2) is 0 Å². The predicted octanol–water partition coefficient (Wildman–Crippen LogP) is 5.16. The summed E-state index contributed by atoms with van der Waals surface area (Å²) in [6.07, 6.45) is 5.71. The Hall–Kier alpha value is -3.21. The third-order valence-electron chi connectivity index (χ3n) is 6.14. The Labute approximate surface area is 189 Å². The van der Waals surface area contributed by atoms with Gasteiger partial charge in [0.05, 0.1) is 7.11 Å². The van der Waals surface area contributed by atoms with E-state index in [9.17, 15) is 9.18 Å². The molecule has 0 radical (unpaired) electrons. The summed E-state index contributed by atoms with van der Waals surface area (Å²) < 4.78 is 18.8. The van der Waals surface area contributed by atoms with Crippen LogP contribution in [0.15, 0.2) is 66.9 Å². The van der Waals surface area contributed by atoms with Crippen molar-refractivity contribution in [3.05, 3.63) is 95.1 Å². The molecular formula is C27H29FN2O2. The van der Waals surface area contributed by atoms with E-state index in [1.54, 1.807) is 19.2 Å². The van der Waals surface area contributed by atoms with Crippen LogP contribution >= 0.6 is 0 Å². The largest absolute Gasteiger partial charge is 0.496 e. The molecule has 1 aromatic heterocycles. The van der Waals surface area contributed by atoms with E-state index >= 15 is 0 Å². The highest BCUT2D eigenvalue weighted by molar-refractivity contribution is 5.76. The van der Waals surface area contributed by atoms with Crippen LogP contribution < -0.4 is 4.74 Å². The molecule has 2 aromatic carbocycles. The Morgan fingerprint density at radius 3 is 2.78 bits per heavy atom. The molecule has 5 heteroatoms. The third kappa shape index (κ3) is 5.52. The van der Waals surface area contributed by atoms with Crippen LogP contribution in [0.1, 0.15) is 47.6 Å². The molecule has 1 aliphatic rings. The number of halogens is 1. The topological polar surface area (TPSA) is 42.4 Å². The minimum Gasteiger partial charge on any atom is -0.496 e. The zero-order chi connectivity index (χ0) is 22.3. The molecule has 166 valence electrons. The molecular weight excluding hydrogens is 403 g/mol. The number of piperidine rings is 1. The predicted molar refractivity (Wildman–Crippen MR) is 123 cm³/mol. The van der Waals surface area contributed by atoms with Crippen LogP contribution in [0.5, 0.6) is 5.75 Å². The lowest BCUT2D eigenvalue weighted by Crippen LogP contribution is -2.39. The van der Waals surface area contributed by atoms with Crippen LogP contribution in [-0.4, -0.2) is 36.0 Å². The van der Waals surface area contributed by atoms with Crippen molar-refractivity contribution in [1.82, 2.24) is 9.88 Å². The highest BCUT2D eigenvalue weighted by Gasteiger charge is 2.25. The molecule has 1 aliphatic heterocycles. The summed E-state index contributed by atoms with van der Waals surface area (Å²) in [6.45, 7) is 1.51. The van der Waals surface area contributed by atoms with Crippen molar-refractivity contribution in [1.29, 1.82) is 0 Å². The standard InChI is InChI=1S/C27H29FN2O2/c1-32-26-10-3-2-7-22(26)12-14-27(31)30-15-5-8-23(19-30)25-13-11-21(18-29-25)16-20-6-4-9-24(28)17-20/h2-4,6-7,9-11,13,17-18,23H,5,8,12,14-16,19H2,1H3/t23-/m1/s1. The smallest absolute Gasteiger partial charge is 0.222 e. The second-order valence-corrected chi connectivity index (χ2v) is 8.39. The van der Waals surface area contributed by atoms with Crippen molar-refractivity contribution >= 4 is 5.91 Å². The first kappa shape index (κ1) is 22.0. The number of ether oxygens (including phenoxy) is 1. The molecule has 32 heavy (non-hydrogen) atoms. The van der Waals surface area contributed by atoms with Gasteiger partial charge in [0, 0.05) is 37.3 Å². The van der Waals surface area contributed by atoms with E-state index in [0.29, 0.717) is 25.8 Å². The van der Waals surface area contributed by atoms with Gasteiger partial charge in [0.1, 0.15) is 11.6 Å². The fourth-order valence-corrected chi connectivity index (χ4v) is 4.42. The Bertz CT molecular complexity index is 1050. The first-order valence-electron chi connectivity index (χ1n) is 11.2. The highest BCUT2D eigenvalue weighted by Crippen LogP contribution is 2.27. The summed E-state index contributed by atoms with van der Waals surface area (Å²) >= 11 is 0. The molecule has 0 bridgehead atoms. The van der Waals surface area contributed by atoms with Gasteiger partial charge in [0.2, 0.25) is 5.91 Å². The Morgan fingerprint density at radius 1 is 1.12 bits per heavy atom. The molecule has 0 spiro atoms. The minimum atomic E-state index is -0.218. The van der Waals surface area contributed by atoms with Crippen molar-refractivity contribution in [3.63, 3.8) is 0 Å². The average molecular weight is 433 g/mol. The number of carbonyl (C=O) groups excluding carboxylic acids is 1. The molecule has 1 amide bonds. The second kappa shape index (κ2) is 10.4. The Kier molecular flexibility index (Phi) is 7.15. The van der Waals surface area contributed by atoms with Crippen molar-refractivity contribution in [2.75, 3.05) is 20.2 Å². The fraction of sp³-hybridized carbons (Fsp3) is 0.333. The van der Waals surface area contributed by atoms with E-state index in [1.807, 2.05) is 41.4 Å². The van der Waals surface area contributed by atoms with Gasteiger partial charge in [-0.05, 0) is 66.6 Å². The molecule has 0 aliphatic carbocycles. The lowest BCUT2D eigenvalue weighted by Gasteiger charge is -2.32. The lowest BCUT2D eigenvalue weighted by atomic mass is 9.93. The maximum atomic E-state index is 13.4. The van der Waals surface area contributed by atoms with E-state index < -0.39 is 0 Å². The van der Waals surface area contributed by atoms with E-state index in [4.69, 9.17) is 4.74 Å². The number of aromatic nitrogens is 1. The normalized spacial score (nSPS) is 16.1. The van der Waals surface area contributed by atoms with E-state index in [2.05, 4.69) is 17.1 Å². The van der Waals surface area contributed by atoms with Gasteiger partial charge < -0.3 is 9.64 Å². The number of carbonyl (C=O) groups is 1. The SMILES string of the molecule is COc1ccccc1CCC(=O)N1CCC[C@@H](c2ccc(Cc3cccc(F)c3)cn2)C1. The first-order valence-corrected chi connectivity index (χ1v) is 11.2. The number of pyridine rings is 1. The monoisotopic (exact) mass is 432 g/mol. The molecule has 4 rings (SSSR count). The number of hydrogen-bond donors (Lipinski definition) is 0. The molecule has 4 nitrogen and oxygen atoms in total. The fourth-order valence-electron chi connectivity index (χ4n) is 4.42. The molecule has 0 unspecified atom stereocenters. The Balaban J connectivity index is 1.34. The lowest BCUT2D eigenvalue weighted by molar-refractivity contribution is -0.132. The van der Waals surface area contributed by atoms with Crippen molar-refractivity contribution < 1.29 is 13.9 Å². The van der Waals surface area contributed by atoms with Gasteiger partial charge in [-0.15, -0.1) is 0 Å². The van der Waals surface area contributed by atoms with Crippen LogP contribution in [0, 0.1) is 5.82 Å². The number of nitrogens with zero attached hydrogens (tertiary/aromatic N) is 2. The molecule has 3 aromatic rings. The highest BCUT2D eigenvalue weighted by atomic mass is 19.1. The van der Waals surface area contributed by atoms with Crippen LogP contribution in [0.25, 0.3) is 0 Å². The van der Waals surface area contributed by atoms with Gasteiger partial charge in [-0.1, -0.05) is 36.4 Å². The number of methoxy groups -OCH3 is 1. The van der Waals surface area contributed by atoms with Gasteiger partial charge in [-0.25, -0.2) is 4.39 Å². The number of hydrogen-bond acceptors (Lipinski definition) is 3. The zero-order valence-electron chi connectivity index (χ0n) is 18.5. The van der Waals surface area contributed by atoms with Crippen molar-refractivity contribution in [3.8, 4) is 5.75 Å². The van der Waals surface area contributed by atoms with Crippen LogP contribution in [-0.2, 0) is 17.6 Å². The summed E-state index contributed by atoms with van der Waals surface area (Å²) in [5.41, 5.74) is 4.08. The van der Waals surface area contributed by atoms with Gasteiger partial charge >= 0.3 is 0 Å². The van der Waals surface area contributed by atoms with Gasteiger partial charge in [0.25, 0.3) is 0 Å². The third-order valence-corrected chi connectivity index (χ3v) is 6.14. The second-order valence-electron chi connectivity index (χ2n) is 8.39. The van der Waals surface area contributed by atoms with Crippen molar-refractivity contribution in [2.45, 2.75) is 38.0 Å². The molecule has 2 heterocycles. The molecule has 1 fully saturated rings. The molecule has 0 N–H and O–H groups in total. The van der Waals surface area contributed by atoms with Crippen LogP contribution in [0.4, 0.5) is 4.39 Å². The van der Waals surface area contributed by atoms with Crippen LogP contribution in [0.3, 0.4) is 0 Å². The average Bonchev–Trinajstić information content (AvgIpc) is 2.83. The molecule has 1 atom stereocenters. The van der Waals surface area contributed by atoms with E-state index in [0.717, 1.165) is 47.5 Å². The van der Waals surface area contributed by atoms with E-state index in [1.165, 1.54) is 6.07 Å². The summed E-state index contributed by atoms with van der Waals surface area (Å²) in [5, 5.41) is 0. The van der Waals surface area contributed by atoms with E-state index in [-0.39, 0.29) is 17.6 Å². The van der Waals surface area contributed by atoms with Gasteiger partial charge in [-0.2, -0.15) is 0 Å². The number of benzene rings is 2. The van der Waals surface area contributed by atoms with Gasteiger partial charge in [-0.3, -0.25) is 9.78 Å². The minimum absolute atomic E-state index is 0.184. The number of amides is 1. The summed E-state index contributed by atoms with van der Waals surface area (Å²) in [5.74, 6) is 1.05. The first-order chi connectivity index (χ1) is 15.6. The molecule has 1 saturated heterocycles. The quantitative estimate of drug-likeness (QED) is 0.518. The number of likely N-dealkylation sites (tertiary alicyclic amines) is 1. The van der Waals surface area contributed by atoms with Crippen LogP contribution in [0.2, 0.25) is 0 Å². The molecule has 0 saturated carbocycles. The number of rotatable bonds is 7. The maximum absolute atomic E-state index is 13.4. The zero-order valence-corrected chi connectivity index (χ0v) is 18.5. The number of aryl methyl sites for hydroxylation is 1. The number of para-hydroxylation sites is 1.